The summed E-state index contributed by atoms with van der Waals surface area (Å²) in [5.41, 5.74) is 1.52. The van der Waals surface area contributed by atoms with Crippen molar-refractivity contribution in [2.75, 3.05) is 0 Å². The molecular weight excluding hydrogens is 182 g/mol. The Hall–Kier alpha value is -1.91. The van der Waals surface area contributed by atoms with E-state index >= 15 is 0 Å². The Labute approximate surface area is 78.5 Å². The van der Waals surface area contributed by atoms with Crippen molar-refractivity contribution in [3.8, 4) is 12.1 Å². The van der Waals surface area contributed by atoms with Crippen LogP contribution in [0.15, 0.2) is 17.5 Å². The van der Waals surface area contributed by atoms with Crippen molar-refractivity contribution in [1.29, 1.82) is 10.5 Å². The highest BCUT2D eigenvalue weighted by molar-refractivity contribution is 7.17. The van der Waals surface area contributed by atoms with E-state index in [1.54, 1.807) is 11.4 Å². The first-order valence-corrected chi connectivity index (χ1v) is 4.41. The molecule has 0 saturated heterocycles. The van der Waals surface area contributed by atoms with Crippen molar-refractivity contribution in [2.45, 2.75) is 0 Å². The Kier molecular flexibility index (Phi) is 1.70. The molecule has 0 amide bonds. The summed E-state index contributed by atoms with van der Waals surface area (Å²) in [6.45, 7) is 0. The van der Waals surface area contributed by atoms with Crippen LogP contribution in [0.1, 0.15) is 11.3 Å². The van der Waals surface area contributed by atoms with Gasteiger partial charge in [0.15, 0.2) is 0 Å². The van der Waals surface area contributed by atoms with E-state index in [1.807, 2.05) is 18.2 Å². The molecule has 0 aromatic carbocycles. The lowest BCUT2D eigenvalue weighted by Crippen LogP contribution is -1.82. The summed E-state index contributed by atoms with van der Waals surface area (Å²) in [6.07, 6.45) is 0. The third-order valence-electron chi connectivity index (χ3n) is 1.65. The molecule has 0 bridgehead atoms. The van der Waals surface area contributed by atoms with Crippen molar-refractivity contribution in [1.82, 2.24) is 4.98 Å². The summed E-state index contributed by atoms with van der Waals surface area (Å²) < 4.78 is 0.940. The number of fused-ring (bicyclic) bond motifs is 1. The fourth-order valence-corrected chi connectivity index (χ4v) is 1.88. The largest absolute Gasteiger partial charge is 0.235 e. The van der Waals surface area contributed by atoms with Crippen molar-refractivity contribution in [3.05, 3.63) is 28.8 Å². The molecule has 3 nitrogen and oxygen atoms in total. The molecule has 4 heteroatoms. The maximum atomic E-state index is 8.72. The number of nitrogens with zero attached hydrogens (tertiary/aromatic N) is 3. The lowest BCUT2D eigenvalue weighted by Gasteiger charge is -1.89. The van der Waals surface area contributed by atoms with Crippen LogP contribution in [0, 0.1) is 22.7 Å². The molecule has 0 spiro atoms. The summed E-state index contributed by atoms with van der Waals surface area (Å²) in [5, 5.41) is 19.1. The maximum absolute atomic E-state index is 8.72. The molecule has 13 heavy (non-hydrogen) atoms. The van der Waals surface area contributed by atoms with Gasteiger partial charge >= 0.3 is 0 Å². The number of nitriles is 2. The van der Waals surface area contributed by atoms with Gasteiger partial charge in [0.2, 0.25) is 0 Å². The van der Waals surface area contributed by atoms with Crippen molar-refractivity contribution >= 4 is 21.6 Å². The molecule has 2 heterocycles. The Morgan fingerprint density at radius 1 is 1.23 bits per heavy atom. The number of rotatable bonds is 0. The highest BCUT2D eigenvalue weighted by Crippen LogP contribution is 2.23. The standard InChI is InChI=1S/C9H3N3S/c10-3-6-5-13-8-2-1-7(4-11)12-9(6)8/h1-2,5H. The molecular formula is C9H3N3S. The van der Waals surface area contributed by atoms with Gasteiger partial charge in [0, 0.05) is 5.38 Å². The fourth-order valence-electron chi connectivity index (χ4n) is 1.05. The molecule has 2 aromatic heterocycles. The molecule has 2 aromatic rings. The molecule has 0 radical (unpaired) electrons. The van der Waals surface area contributed by atoms with Gasteiger partial charge in [-0.3, -0.25) is 0 Å². The van der Waals surface area contributed by atoms with Crippen LogP contribution in [0.4, 0.5) is 0 Å². The fraction of sp³-hybridized carbons (Fsp3) is 0. The minimum absolute atomic E-state index is 0.349. The van der Waals surface area contributed by atoms with Crippen LogP contribution in [0.25, 0.3) is 10.2 Å². The zero-order valence-corrected chi connectivity index (χ0v) is 7.30. The van der Waals surface area contributed by atoms with E-state index in [-0.39, 0.29) is 0 Å². The predicted molar refractivity (Wildman–Crippen MR) is 49.0 cm³/mol. The molecule has 0 fully saturated rings. The Balaban J connectivity index is 2.83. The summed E-state index contributed by atoms with van der Waals surface area (Å²) >= 11 is 1.46. The second-order valence-corrected chi connectivity index (χ2v) is 3.33. The van der Waals surface area contributed by atoms with Crippen LogP contribution in [-0.4, -0.2) is 4.98 Å². The SMILES string of the molecule is N#Cc1ccc2scc(C#N)c2n1. The van der Waals surface area contributed by atoms with Crippen LogP contribution >= 0.6 is 11.3 Å². The quantitative estimate of drug-likeness (QED) is 0.631. The Bertz CT molecular complexity index is 542. The summed E-state index contributed by atoms with van der Waals surface area (Å²) in [5.74, 6) is 0. The lowest BCUT2D eigenvalue weighted by atomic mass is 10.2. The minimum atomic E-state index is 0.349. The average Bonchev–Trinajstić information content (AvgIpc) is 2.59. The second kappa shape index (κ2) is 2.85. The summed E-state index contributed by atoms with van der Waals surface area (Å²) in [7, 11) is 0. The van der Waals surface area contributed by atoms with Crippen LogP contribution in [-0.2, 0) is 0 Å². The van der Waals surface area contributed by atoms with Crippen LogP contribution in [0.2, 0.25) is 0 Å². The number of hydrogen-bond acceptors (Lipinski definition) is 4. The van der Waals surface area contributed by atoms with Crippen LogP contribution in [0.3, 0.4) is 0 Å². The molecule has 0 atom stereocenters. The molecule has 0 aliphatic heterocycles. The average molecular weight is 185 g/mol. The van der Waals surface area contributed by atoms with E-state index in [0.29, 0.717) is 16.8 Å². The van der Waals surface area contributed by atoms with E-state index in [1.165, 1.54) is 11.3 Å². The first kappa shape index (κ1) is 7.72. The Morgan fingerprint density at radius 2 is 2.08 bits per heavy atom. The van der Waals surface area contributed by atoms with Gasteiger partial charge in [0.25, 0.3) is 0 Å². The van der Waals surface area contributed by atoms with E-state index in [0.717, 1.165) is 4.70 Å². The molecule has 2 rings (SSSR count). The topological polar surface area (TPSA) is 60.5 Å². The van der Waals surface area contributed by atoms with Crippen molar-refractivity contribution < 1.29 is 0 Å². The summed E-state index contributed by atoms with van der Waals surface area (Å²) in [6, 6.07) is 7.45. The van der Waals surface area contributed by atoms with Gasteiger partial charge in [-0.05, 0) is 12.1 Å². The maximum Gasteiger partial charge on any atom is 0.141 e. The molecule has 0 aliphatic rings. The smallest absolute Gasteiger partial charge is 0.141 e. The highest BCUT2D eigenvalue weighted by atomic mass is 32.1. The number of hydrogen-bond donors (Lipinski definition) is 0. The van der Waals surface area contributed by atoms with Gasteiger partial charge in [-0.25, -0.2) is 4.98 Å². The molecule has 0 unspecified atom stereocenters. The van der Waals surface area contributed by atoms with E-state index in [9.17, 15) is 0 Å². The first-order valence-electron chi connectivity index (χ1n) is 3.53. The van der Waals surface area contributed by atoms with Crippen LogP contribution < -0.4 is 0 Å². The van der Waals surface area contributed by atoms with Crippen molar-refractivity contribution in [3.63, 3.8) is 0 Å². The van der Waals surface area contributed by atoms with Crippen molar-refractivity contribution in [2.24, 2.45) is 0 Å². The number of pyridine rings is 1. The van der Waals surface area contributed by atoms with Gasteiger partial charge < -0.3 is 0 Å². The summed E-state index contributed by atoms with van der Waals surface area (Å²) in [4.78, 5) is 4.05. The van der Waals surface area contributed by atoms with E-state index < -0.39 is 0 Å². The minimum Gasteiger partial charge on any atom is -0.235 e. The van der Waals surface area contributed by atoms with Crippen LogP contribution in [0.5, 0.6) is 0 Å². The Morgan fingerprint density at radius 3 is 2.77 bits per heavy atom. The predicted octanol–water partition coefficient (Wildman–Crippen LogP) is 2.04. The normalized spacial score (nSPS) is 9.38. The molecule has 60 valence electrons. The van der Waals surface area contributed by atoms with Gasteiger partial charge in [-0.2, -0.15) is 10.5 Å². The van der Waals surface area contributed by atoms with Gasteiger partial charge in [-0.1, -0.05) is 0 Å². The zero-order chi connectivity index (χ0) is 9.26. The third-order valence-corrected chi connectivity index (χ3v) is 2.59. The van der Waals surface area contributed by atoms with E-state index in [4.69, 9.17) is 10.5 Å². The molecule has 0 saturated carbocycles. The molecule has 0 N–H and O–H groups in total. The highest BCUT2D eigenvalue weighted by Gasteiger charge is 2.04. The monoisotopic (exact) mass is 185 g/mol. The number of thiophene rings is 1. The lowest BCUT2D eigenvalue weighted by molar-refractivity contribution is 1.33. The van der Waals surface area contributed by atoms with Gasteiger partial charge in [-0.15, -0.1) is 11.3 Å². The second-order valence-electron chi connectivity index (χ2n) is 2.42. The number of aromatic nitrogens is 1. The third kappa shape index (κ3) is 1.14. The first-order chi connectivity index (χ1) is 6.35. The zero-order valence-electron chi connectivity index (χ0n) is 6.48. The van der Waals surface area contributed by atoms with Gasteiger partial charge in [0.1, 0.15) is 23.3 Å². The van der Waals surface area contributed by atoms with Gasteiger partial charge in [0.05, 0.1) is 10.3 Å². The molecule has 0 aliphatic carbocycles. The van der Waals surface area contributed by atoms with E-state index in [2.05, 4.69) is 4.98 Å².